The number of aromatic nitrogens is 3. The van der Waals surface area contributed by atoms with Crippen molar-refractivity contribution in [2.24, 2.45) is 0 Å². The Morgan fingerprint density at radius 2 is 1.89 bits per heavy atom. The first-order valence-corrected chi connectivity index (χ1v) is 9.76. The number of hydrogen-bond donors (Lipinski definition) is 1. The lowest BCUT2D eigenvalue weighted by Crippen LogP contribution is -2.36. The number of nitrogens with zero attached hydrogens (tertiary/aromatic N) is 5. The average molecular weight is 393 g/mol. The van der Waals surface area contributed by atoms with Crippen LogP contribution in [0, 0.1) is 0 Å². The maximum atomic E-state index is 5.73. The Morgan fingerprint density at radius 3 is 2.61 bits per heavy atom. The van der Waals surface area contributed by atoms with Crippen LogP contribution < -0.4 is 5.32 Å². The van der Waals surface area contributed by atoms with Gasteiger partial charge in [0, 0.05) is 49.3 Å². The van der Waals surface area contributed by atoms with Gasteiger partial charge in [-0.2, -0.15) is 0 Å². The van der Waals surface area contributed by atoms with Gasteiger partial charge in [-0.05, 0) is 62.7 Å². The summed E-state index contributed by atoms with van der Waals surface area (Å²) in [6.45, 7) is 1.76. The Morgan fingerprint density at radius 1 is 1.07 bits per heavy atom. The first-order chi connectivity index (χ1) is 13.6. The minimum atomic E-state index is -0.00801. The molecule has 0 aliphatic carbocycles. The molecule has 1 saturated heterocycles. The van der Waals surface area contributed by atoms with Gasteiger partial charge in [0.2, 0.25) is 0 Å². The molecular formula is C21H24N6S. The van der Waals surface area contributed by atoms with Crippen LogP contribution in [0.3, 0.4) is 0 Å². The van der Waals surface area contributed by atoms with Crippen LogP contribution in [0.5, 0.6) is 0 Å². The molecule has 4 rings (SSSR count). The summed E-state index contributed by atoms with van der Waals surface area (Å²) in [7, 11) is 4.16. The first kappa shape index (κ1) is 18.6. The second-order valence-corrected chi connectivity index (χ2v) is 7.52. The number of hydrogen-bond acceptors (Lipinski definition) is 4. The highest BCUT2D eigenvalue weighted by Crippen LogP contribution is 2.39. The van der Waals surface area contributed by atoms with Gasteiger partial charge in [-0.25, -0.2) is 0 Å². The highest BCUT2D eigenvalue weighted by molar-refractivity contribution is 7.80. The molecule has 3 aromatic heterocycles. The van der Waals surface area contributed by atoms with E-state index in [-0.39, 0.29) is 12.1 Å². The maximum Gasteiger partial charge on any atom is 0.170 e. The van der Waals surface area contributed by atoms with Crippen LogP contribution in [-0.2, 0) is 0 Å². The van der Waals surface area contributed by atoms with Crippen LogP contribution in [0.2, 0.25) is 0 Å². The molecule has 0 bridgehead atoms. The summed E-state index contributed by atoms with van der Waals surface area (Å²) >= 11 is 5.73. The van der Waals surface area contributed by atoms with Crippen molar-refractivity contribution < 1.29 is 0 Å². The van der Waals surface area contributed by atoms with Crippen molar-refractivity contribution in [2.45, 2.75) is 12.1 Å². The van der Waals surface area contributed by atoms with Crippen LogP contribution in [-0.4, -0.2) is 56.6 Å². The predicted molar refractivity (Wildman–Crippen MR) is 114 cm³/mol. The van der Waals surface area contributed by atoms with E-state index in [4.69, 9.17) is 12.2 Å². The minimum Gasteiger partial charge on any atom is -0.352 e. The van der Waals surface area contributed by atoms with Crippen LogP contribution in [0.1, 0.15) is 23.5 Å². The van der Waals surface area contributed by atoms with Crippen LogP contribution in [0.15, 0.2) is 67.3 Å². The number of rotatable bonds is 6. The SMILES string of the molecule is CN(C)CCN1C(=S)N[C@H](c2ccccn2)[C@H]1c1cccn1-c1ccncc1. The molecule has 1 aliphatic heterocycles. The van der Waals surface area contributed by atoms with Crippen molar-refractivity contribution >= 4 is 17.3 Å². The third-order valence-corrected chi connectivity index (χ3v) is 5.36. The summed E-state index contributed by atoms with van der Waals surface area (Å²) in [4.78, 5) is 13.2. The van der Waals surface area contributed by atoms with Gasteiger partial charge in [-0.3, -0.25) is 9.97 Å². The smallest absolute Gasteiger partial charge is 0.170 e. The summed E-state index contributed by atoms with van der Waals surface area (Å²) in [5.41, 5.74) is 3.25. The summed E-state index contributed by atoms with van der Waals surface area (Å²) in [5.74, 6) is 0. The van der Waals surface area contributed by atoms with E-state index in [0.29, 0.717) is 0 Å². The van der Waals surface area contributed by atoms with Crippen molar-refractivity contribution in [1.82, 2.24) is 29.7 Å². The first-order valence-electron chi connectivity index (χ1n) is 9.35. The molecule has 144 valence electrons. The highest BCUT2D eigenvalue weighted by Gasteiger charge is 2.41. The van der Waals surface area contributed by atoms with Gasteiger partial charge in [0.1, 0.15) is 0 Å². The zero-order chi connectivity index (χ0) is 19.5. The van der Waals surface area contributed by atoms with Crippen molar-refractivity contribution in [3.8, 4) is 5.69 Å². The monoisotopic (exact) mass is 392 g/mol. The van der Waals surface area contributed by atoms with E-state index >= 15 is 0 Å². The standard InChI is InChI=1S/C21H24N6S/c1-25(2)14-15-27-20(19(24-21(27)28)17-6-3-4-10-23-17)18-7-5-13-26(18)16-8-11-22-12-9-16/h3-13,19-20H,14-15H2,1-2H3,(H,24,28)/t19-,20-/m1/s1. The molecule has 4 heterocycles. The van der Waals surface area contributed by atoms with E-state index in [9.17, 15) is 0 Å². The largest absolute Gasteiger partial charge is 0.352 e. The Labute approximate surface area is 170 Å². The van der Waals surface area contributed by atoms with E-state index in [2.05, 4.69) is 68.1 Å². The molecule has 3 aromatic rings. The summed E-state index contributed by atoms with van der Waals surface area (Å²) in [5, 5.41) is 4.28. The molecule has 0 radical (unpaired) electrons. The fourth-order valence-electron chi connectivity index (χ4n) is 3.65. The van der Waals surface area contributed by atoms with Gasteiger partial charge in [0.05, 0.1) is 17.8 Å². The van der Waals surface area contributed by atoms with Gasteiger partial charge in [0.25, 0.3) is 0 Å². The zero-order valence-electron chi connectivity index (χ0n) is 16.1. The maximum absolute atomic E-state index is 5.73. The molecular weight excluding hydrogens is 368 g/mol. The minimum absolute atomic E-state index is 0.00801. The predicted octanol–water partition coefficient (Wildman–Crippen LogP) is 2.80. The summed E-state index contributed by atoms with van der Waals surface area (Å²) in [6, 6.07) is 14.3. The Balaban J connectivity index is 1.77. The third-order valence-electron chi connectivity index (χ3n) is 5.01. The van der Waals surface area contributed by atoms with Gasteiger partial charge < -0.3 is 19.7 Å². The Bertz CT molecular complexity index is 924. The van der Waals surface area contributed by atoms with Crippen molar-refractivity contribution in [1.29, 1.82) is 0 Å². The van der Waals surface area contributed by atoms with E-state index in [1.165, 1.54) is 5.69 Å². The normalized spacial score (nSPS) is 19.2. The molecule has 0 saturated carbocycles. The molecule has 28 heavy (non-hydrogen) atoms. The second-order valence-electron chi connectivity index (χ2n) is 7.13. The molecule has 0 unspecified atom stereocenters. The molecule has 0 amide bonds. The molecule has 1 fully saturated rings. The number of likely N-dealkylation sites (N-methyl/N-ethyl adjacent to an activating group) is 1. The lowest BCUT2D eigenvalue weighted by atomic mass is 10.0. The van der Waals surface area contributed by atoms with E-state index in [1.807, 2.05) is 42.9 Å². The summed E-state index contributed by atoms with van der Waals surface area (Å²) in [6.07, 6.45) is 7.56. The van der Waals surface area contributed by atoms with Crippen LogP contribution in [0.25, 0.3) is 5.69 Å². The Kier molecular flexibility index (Phi) is 5.36. The van der Waals surface area contributed by atoms with Crippen molar-refractivity contribution in [2.75, 3.05) is 27.2 Å². The lowest BCUT2D eigenvalue weighted by molar-refractivity contribution is 0.272. The lowest BCUT2D eigenvalue weighted by Gasteiger charge is -2.29. The fourth-order valence-corrected chi connectivity index (χ4v) is 3.98. The van der Waals surface area contributed by atoms with Crippen molar-refractivity contribution in [3.05, 3.63) is 78.6 Å². The summed E-state index contributed by atoms with van der Waals surface area (Å²) < 4.78 is 2.21. The molecule has 2 atom stereocenters. The molecule has 7 heteroatoms. The number of nitrogens with one attached hydrogen (secondary N) is 1. The quantitative estimate of drug-likeness (QED) is 0.651. The molecule has 0 aromatic carbocycles. The van der Waals surface area contributed by atoms with Gasteiger partial charge >= 0.3 is 0 Å². The van der Waals surface area contributed by atoms with Crippen molar-refractivity contribution in [3.63, 3.8) is 0 Å². The second kappa shape index (κ2) is 8.08. The molecule has 0 spiro atoms. The highest BCUT2D eigenvalue weighted by atomic mass is 32.1. The van der Waals surface area contributed by atoms with Gasteiger partial charge in [-0.1, -0.05) is 6.07 Å². The Hall–Kier alpha value is -2.77. The van der Waals surface area contributed by atoms with E-state index in [1.54, 1.807) is 0 Å². The average Bonchev–Trinajstić information content (AvgIpc) is 3.32. The van der Waals surface area contributed by atoms with Crippen LogP contribution >= 0.6 is 12.2 Å². The van der Waals surface area contributed by atoms with Gasteiger partial charge in [0.15, 0.2) is 5.11 Å². The topological polar surface area (TPSA) is 49.2 Å². The van der Waals surface area contributed by atoms with Crippen LogP contribution in [0.4, 0.5) is 0 Å². The van der Waals surface area contributed by atoms with E-state index in [0.717, 1.165) is 29.6 Å². The molecule has 1 aliphatic rings. The molecule has 6 nitrogen and oxygen atoms in total. The third kappa shape index (κ3) is 3.63. The number of pyridine rings is 2. The molecule has 1 N–H and O–H groups in total. The van der Waals surface area contributed by atoms with Gasteiger partial charge in [-0.15, -0.1) is 0 Å². The fraction of sp³-hybridized carbons (Fsp3) is 0.286. The number of thiocarbonyl (C=S) groups is 1. The van der Waals surface area contributed by atoms with E-state index < -0.39 is 0 Å². The zero-order valence-corrected chi connectivity index (χ0v) is 16.9.